The molecule has 0 radical (unpaired) electrons. The van der Waals surface area contributed by atoms with Gasteiger partial charge in [-0.05, 0) is 24.6 Å². The molecule has 0 atom stereocenters. The maximum Gasteiger partial charge on any atom is 0.151 e. The molecule has 1 heterocycles. The van der Waals surface area contributed by atoms with Crippen molar-refractivity contribution in [3.8, 4) is 0 Å². The van der Waals surface area contributed by atoms with Crippen molar-refractivity contribution in [1.29, 1.82) is 0 Å². The summed E-state index contributed by atoms with van der Waals surface area (Å²) in [5, 5.41) is 8.22. The van der Waals surface area contributed by atoms with Crippen molar-refractivity contribution >= 4 is 5.82 Å². The maximum atomic E-state index is 5.50. The lowest BCUT2D eigenvalue weighted by Gasteiger charge is -2.17. The number of anilines is 1. The number of hydrogen-bond acceptors (Lipinski definition) is 4. The zero-order valence-corrected chi connectivity index (χ0v) is 10.8. The fourth-order valence-corrected chi connectivity index (χ4v) is 1.71. The summed E-state index contributed by atoms with van der Waals surface area (Å²) >= 11 is 0. The molecule has 4 heteroatoms. The Kier molecular flexibility index (Phi) is 3.89. The standard InChI is InChI=1S/C14H18N4/c1-11-3-5-12(6-4-11)10-18(2)14-8-7-13(9-15)16-17-14/h3-8H,9-10,15H2,1-2H3. The average Bonchev–Trinajstić information content (AvgIpc) is 2.41. The van der Waals surface area contributed by atoms with Gasteiger partial charge >= 0.3 is 0 Å². The molecule has 2 rings (SSSR count). The zero-order valence-electron chi connectivity index (χ0n) is 10.8. The largest absolute Gasteiger partial charge is 0.354 e. The van der Waals surface area contributed by atoms with Gasteiger partial charge in [0.25, 0.3) is 0 Å². The molecule has 1 aromatic carbocycles. The molecule has 0 saturated carbocycles. The van der Waals surface area contributed by atoms with E-state index in [4.69, 9.17) is 5.73 Å². The van der Waals surface area contributed by atoms with Gasteiger partial charge in [-0.1, -0.05) is 29.8 Å². The molecular weight excluding hydrogens is 224 g/mol. The van der Waals surface area contributed by atoms with Gasteiger partial charge < -0.3 is 10.6 Å². The number of nitrogens with zero attached hydrogens (tertiary/aromatic N) is 3. The molecule has 2 aromatic rings. The third kappa shape index (κ3) is 3.05. The molecule has 0 amide bonds. The van der Waals surface area contributed by atoms with E-state index in [9.17, 15) is 0 Å². The van der Waals surface area contributed by atoms with Crippen LogP contribution in [0.15, 0.2) is 36.4 Å². The summed E-state index contributed by atoms with van der Waals surface area (Å²) in [6.07, 6.45) is 0. The summed E-state index contributed by atoms with van der Waals surface area (Å²) in [5.74, 6) is 0.854. The van der Waals surface area contributed by atoms with Crippen LogP contribution >= 0.6 is 0 Å². The highest BCUT2D eigenvalue weighted by Crippen LogP contribution is 2.12. The Balaban J connectivity index is 2.06. The summed E-state index contributed by atoms with van der Waals surface area (Å²) in [7, 11) is 2.01. The van der Waals surface area contributed by atoms with Crippen LogP contribution in [0.3, 0.4) is 0 Å². The molecule has 1 aromatic heterocycles. The third-order valence-corrected chi connectivity index (χ3v) is 2.85. The van der Waals surface area contributed by atoms with Crippen molar-refractivity contribution in [3.05, 3.63) is 53.2 Å². The van der Waals surface area contributed by atoms with Gasteiger partial charge in [0.05, 0.1) is 5.69 Å². The van der Waals surface area contributed by atoms with Crippen LogP contribution in [-0.2, 0) is 13.1 Å². The average molecular weight is 242 g/mol. The van der Waals surface area contributed by atoms with Crippen LogP contribution in [0.25, 0.3) is 0 Å². The molecule has 2 N–H and O–H groups in total. The van der Waals surface area contributed by atoms with E-state index in [1.165, 1.54) is 11.1 Å². The van der Waals surface area contributed by atoms with E-state index < -0.39 is 0 Å². The summed E-state index contributed by atoms with van der Waals surface area (Å²) in [6.45, 7) is 3.33. The predicted octanol–water partition coefficient (Wildman–Crippen LogP) is 1.88. The molecule has 0 aliphatic rings. The van der Waals surface area contributed by atoms with E-state index in [0.29, 0.717) is 6.54 Å². The van der Waals surface area contributed by atoms with Crippen molar-refractivity contribution in [2.75, 3.05) is 11.9 Å². The van der Waals surface area contributed by atoms with Gasteiger partial charge in [-0.2, -0.15) is 5.10 Å². The van der Waals surface area contributed by atoms with E-state index in [1.54, 1.807) is 0 Å². The monoisotopic (exact) mass is 242 g/mol. The Labute approximate surface area is 107 Å². The highest BCUT2D eigenvalue weighted by molar-refractivity contribution is 5.37. The number of benzene rings is 1. The van der Waals surface area contributed by atoms with Gasteiger partial charge in [0, 0.05) is 20.1 Å². The van der Waals surface area contributed by atoms with Crippen molar-refractivity contribution < 1.29 is 0 Å². The molecule has 0 saturated heterocycles. The second kappa shape index (κ2) is 5.60. The minimum absolute atomic E-state index is 0.426. The molecule has 0 aliphatic carbocycles. The summed E-state index contributed by atoms with van der Waals surface area (Å²) < 4.78 is 0. The zero-order chi connectivity index (χ0) is 13.0. The first kappa shape index (κ1) is 12.5. The number of nitrogens with two attached hydrogens (primary N) is 1. The fourth-order valence-electron chi connectivity index (χ4n) is 1.71. The Morgan fingerprint density at radius 2 is 1.78 bits per heavy atom. The first-order chi connectivity index (χ1) is 8.69. The lowest BCUT2D eigenvalue weighted by molar-refractivity contribution is 0.836. The molecule has 0 bridgehead atoms. The maximum absolute atomic E-state index is 5.50. The third-order valence-electron chi connectivity index (χ3n) is 2.85. The number of rotatable bonds is 4. The van der Waals surface area contributed by atoms with Gasteiger partial charge in [-0.25, -0.2) is 0 Å². The quantitative estimate of drug-likeness (QED) is 0.889. The Morgan fingerprint density at radius 1 is 1.06 bits per heavy atom. The van der Waals surface area contributed by atoms with E-state index in [0.717, 1.165) is 18.1 Å². The fraction of sp³-hybridized carbons (Fsp3) is 0.286. The van der Waals surface area contributed by atoms with Gasteiger partial charge in [-0.3, -0.25) is 0 Å². The van der Waals surface area contributed by atoms with Crippen LogP contribution in [0.1, 0.15) is 16.8 Å². The Morgan fingerprint density at radius 3 is 2.33 bits per heavy atom. The predicted molar refractivity (Wildman–Crippen MR) is 73.2 cm³/mol. The minimum Gasteiger partial charge on any atom is -0.354 e. The molecule has 0 spiro atoms. The molecule has 18 heavy (non-hydrogen) atoms. The number of aryl methyl sites for hydroxylation is 1. The smallest absolute Gasteiger partial charge is 0.151 e. The van der Waals surface area contributed by atoms with Crippen molar-refractivity contribution in [1.82, 2.24) is 10.2 Å². The first-order valence-electron chi connectivity index (χ1n) is 5.98. The molecular formula is C14H18N4. The van der Waals surface area contributed by atoms with Crippen molar-refractivity contribution in [2.24, 2.45) is 5.73 Å². The highest BCUT2D eigenvalue weighted by Gasteiger charge is 2.04. The van der Waals surface area contributed by atoms with Gasteiger partial charge in [0.15, 0.2) is 5.82 Å². The summed E-state index contributed by atoms with van der Waals surface area (Å²) in [4.78, 5) is 2.07. The molecule has 0 fully saturated rings. The molecule has 4 nitrogen and oxygen atoms in total. The van der Waals surface area contributed by atoms with Gasteiger partial charge in [0.2, 0.25) is 0 Å². The molecule has 94 valence electrons. The van der Waals surface area contributed by atoms with E-state index >= 15 is 0 Å². The topological polar surface area (TPSA) is 55.0 Å². The second-order valence-electron chi connectivity index (χ2n) is 4.43. The SMILES string of the molecule is Cc1ccc(CN(C)c2ccc(CN)nn2)cc1. The van der Waals surface area contributed by atoms with E-state index in [2.05, 4.69) is 46.3 Å². The van der Waals surface area contributed by atoms with Crippen LogP contribution < -0.4 is 10.6 Å². The van der Waals surface area contributed by atoms with Crippen LogP contribution in [-0.4, -0.2) is 17.2 Å². The van der Waals surface area contributed by atoms with Crippen molar-refractivity contribution in [2.45, 2.75) is 20.0 Å². The molecule has 0 unspecified atom stereocenters. The normalized spacial score (nSPS) is 10.4. The van der Waals surface area contributed by atoms with Crippen LogP contribution in [0, 0.1) is 6.92 Å². The lowest BCUT2D eigenvalue weighted by atomic mass is 10.1. The Bertz CT molecular complexity index is 490. The van der Waals surface area contributed by atoms with E-state index in [-0.39, 0.29) is 0 Å². The highest BCUT2D eigenvalue weighted by atomic mass is 15.2. The number of aromatic nitrogens is 2. The first-order valence-corrected chi connectivity index (χ1v) is 5.98. The van der Waals surface area contributed by atoms with Gasteiger partial charge in [0.1, 0.15) is 0 Å². The molecule has 0 aliphatic heterocycles. The van der Waals surface area contributed by atoms with Crippen LogP contribution in [0.4, 0.5) is 5.82 Å². The van der Waals surface area contributed by atoms with Crippen molar-refractivity contribution in [3.63, 3.8) is 0 Å². The second-order valence-corrected chi connectivity index (χ2v) is 4.43. The van der Waals surface area contributed by atoms with Crippen LogP contribution in [0.2, 0.25) is 0 Å². The Hall–Kier alpha value is -1.94. The summed E-state index contributed by atoms with van der Waals surface area (Å²) in [5.41, 5.74) is 8.83. The number of hydrogen-bond donors (Lipinski definition) is 1. The van der Waals surface area contributed by atoms with Gasteiger partial charge in [-0.15, -0.1) is 5.10 Å². The van der Waals surface area contributed by atoms with E-state index in [1.807, 2.05) is 19.2 Å². The van der Waals surface area contributed by atoms with Crippen LogP contribution in [0.5, 0.6) is 0 Å². The summed E-state index contributed by atoms with van der Waals surface area (Å²) in [6, 6.07) is 12.4. The lowest BCUT2D eigenvalue weighted by Crippen LogP contribution is -2.18. The minimum atomic E-state index is 0.426.